The molecule has 5 nitrogen and oxygen atoms in total. The highest BCUT2D eigenvalue weighted by Gasteiger charge is 2.36. The number of halogens is 1. The summed E-state index contributed by atoms with van der Waals surface area (Å²) in [5.74, 6) is 0.577. The van der Waals surface area contributed by atoms with Crippen LogP contribution in [0.3, 0.4) is 0 Å². The lowest BCUT2D eigenvalue weighted by molar-refractivity contribution is -0.124. The Morgan fingerprint density at radius 3 is 2.71 bits per heavy atom. The lowest BCUT2D eigenvalue weighted by atomic mass is 9.73. The van der Waals surface area contributed by atoms with Crippen molar-refractivity contribution >= 4 is 11.6 Å². The van der Waals surface area contributed by atoms with Gasteiger partial charge in [0.05, 0.1) is 17.3 Å². The molecule has 3 atom stereocenters. The molecule has 28 heavy (non-hydrogen) atoms. The molecule has 1 aromatic rings. The third kappa shape index (κ3) is 4.98. The molecule has 1 amide bonds. The SMILES string of the molecule is CC(F)Oc1cccc(C2=NC(CN3CC(C(N)=O)CC(C(C)(C)C)C3)=C2)c1. The maximum Gasteiger partial charge on any atom is 0.235 e. The summed E-state index contributed by atoms with van der Waals surface area (Å²) in [5, 5.41) is 0. The Bertz CT molecular complexity index is 795. The molecule has 3 unspecified atom stereocenters. The Hall–Kier alpha value is -2.21. The van der Waals surface area contributed by atoms with E-state index in [-0.39, 0.29) is 17.2 Å². The Balaban J connectivity index is 1.63. The topological polar surface area (TPSA) is 67.9 Å². The number of piperidine rings is 1. The van der Waals surface area contributed by atoms with Crippen LogP contribution < -0.4 is 10.5 Å². The summed E-state index contributed by atoms with van der Waals surface area (Å²) < 4.78 is 18.1. The first-order valence-electron chi connectivity index (χ1n) is 9.84. The van der Waals surface area contributed by atoms with E-state index in [4.69, 9.17) is 10.5 Å². The van der Waals surface area contributed by atoms with Gasteiger partial charge in [0.1, 0.15) is 5.75 Å². The van der Waals surface area contributed by atoms with Gasteiger partial charge < -0.3 is 10.5 Å². The number of allylic oxidation sites excluding steroid dienone is 1. The van der Waals surface area contributed by atoms with Crippen LogP contribution >= 0.6 is 0 Å². The van der Waals surface area contributed by atoms with Gasteiger partial charge in [-0.25, -0.2) is 4.39 Å². The number of nitrogens with two attached hydrogens (primary N) is 1. The molecule has 2 heterocycles. The number of benzene rings is 1. The largest absolute Gasteiger partial charge is 0.461 e. The molecule has 2 aliphatic rings. The maximum atomic E-state index is 13.0. The molecule has 1 saturated heterocycles. The Kier molecular flexibility index (Phi) is 5.89. The number of rotatable bonds is 6. The normalized spacial score (nSPS) is 24.0. The molecule has 0 spiro atoms. The summed E-state index contributed by atoms with van der Waals surface area (Å²) in [6.07, 6.45) is 1.54. The molecule has 152 valence electrons. The molecule has 0 bridgehead atoms. The fraction of sp³-hybridized carbons (Fsp3) is 0.545. The van der Waals surface area contributed by atoms with E-state index in [0.29, 0.717) is 24.8 Å². The summed E-state index contributed by atoms with van der Waals surface area (Å²) in [7, 11) is 0. The molecular formula is C22H30FN3O2. The number of nitrogens with zero attached hydrogens (tertiary/aromatic N) is 2. The summed E-state index contributed by atoms with van der Waals surface area (Å²) in [6.45, 7) is 10.3. The number of likely N-dealkylation sites (tertiary alicyclic amines) is 1. The van der Waals surface area contributed by atoms with Crippen LogP contribution in [0.5, 0.6) is 5.75 Å². The number of primary amides is 1. The van der Waals surface area contributed by atoms with Gasteiger partial charge in [0.15, 0.2) is 0 Å². The van der Waals surface area contributed by atoms with E-state index < -0.39 is 6.36 Å². The molecule has 0 aromatic heterocycles. The maximum absolute atomic E-state index is 13.0. The van der Waals surface area contributed by atoms with Crippen LogP contribution in [0.15, 0.2) is 41.0 Å². The van der Waals surface area contributed by atoms with Crippen LogP contribution in [0.1, 0.15) is 39.7 Å². The highest BCUT2D eigenvalue weighted by atomic mass is 19.1. The first-order valence-corrected chi connectivity index (χ1v) is 9.84. The number of ether oxygens (including phenoxy) is 1. The zero-order valence-corrected chi connectivity index (χ0v) is 17.1. The molecule has 2 N–H and O–H groups in total. The summed E-state index contributed by atoms with van der Waals surface area (Å²) in [4.78, 5) is 18.7. The van der Waals surface area contributed by atoms with Crippen LogP contribution in [-0.2, 0) is 4.79 Å². The van der Waals surface area contributed by atoms with Gasteiger partial charge in [-0.2, -0.15) is 0 Å². The molecule has 0 radical (unpaired) electrons. The average Bonchev–Trinajstić information content (AvgIpc) is 2.56. The van der Waals surface area contributed by atoms with Crippen LogP contribution in [0.25, 0.3) is 0 Å². The highest BCUT2D eigenvalue weighted by Crippen LogP contribution is 2.36. The van der Waals surface area contributed by atoms with Crippen molar-refractivity contribution in [3.05, 3.63) is 41.6 Å². The number of amides is 1. The van der Waals surface area contributed by atoms with Crippen molar-refractivity contribution in [1.29, 1.82) is 0 Å². The second-order valence-electron chi connectivity index (χ2n) is 8.91. The average molecular weight is 387 g/mol. The van der Waals surface area contributed by atoms with Gasteiger partial charge in [-0.3, -0.25) is 14.7 Å². The van der Waals surface area contributed by atoms with Gasteiger partial charge in [0.25, 0.3) is 0 Å². The van der Waals surface area contributed by atoms with Gasteiger partial charge in [-0.15, -0.1) is 0 Å². The minimum atomic E-state index is -1.35. The first kappa shape index (κ1) is 20.5. The zero-order valence-electron chi connectivity index (χ0n) is 17.1. The number of aliphatic imine (C=N–C) groups is 1. The van der Waals surface area contributed by atoms with Gasteiger partial charge in [-0.1, -0.05) is 32.9 Å². The van der Waals surface area contributed by atoms with Crippen LogP contribution in [-0.4, -0.2) is 42.5 Å². The van der Waals surface area contributed by atoms with Crippen molar-refractivity contribution in [2.45, 2.75) is 40.5 Å². The van der Waals surface area contributed by atoms with Crippen LogP contribution in [0.4, 0.5) is 4.39 Å². The van der Waals surface area contributed by atoms with Crippen molar-refractivity contribution in [3.8, 4) is 5.75 Å². The quantitative estimate of drug-likeness (QED) is 0.812. The second-order valence-corrected chi connectivity index (χ2v) is 8.91. The summed E-state index contributed by atoms with van der Waals surface area (Å²) >= 11 is 0. The van der Waals surface area contributed by atoms with E-state index in [9.17, 15) is 9.18 Å². The van der Waals surface area contributed by atoms with Crippen LogP contribution in [0.2, 0.25) is 0 Å². The van der Waals surface area contributed by atoms with Crippen molar-refractivity contribution in [2.24, 2.45) is 28.0 Å². The van der Waals surface area contributed by atoms with Crippen molar-refractivity contribution in [2.75, 3.05) is 19.6 Å². The number of alkyl halides is 1. The molecule has 1 aromatic carbocycles. The lowest BCUT2D eigenvalue weighted by Gasteiger charge is -2.42. The minimum Gasteiger partial charge on any atom is -0.461 e. The molecule has 3 rings (SSSR count). The highest BCUT2D eigenvalue weighted by molar-refractivity contribution is 6.13. The molecule has 0 saturated carbocycles. The standard InChI is InChI=1S/C22H30FN3O2/c1-14(23)28-19-7-5-6-15(9-19)20-10-18(25-20)13-26-11-16(21(24)27)8-17(12-26)22(2,3)4/h5-7,9-10,14,16-17H,8,11-13H2,1-4H3,(H2,24,27). The Morgan fingerprint density at radius 1 is 1.39 bits per heavy atom. The van der Waals surface area contributed by atoms with E-state index in [0.717, 1.165) is 29.9 Å². The zero-order chi connectivity index (χ0) is 20.5. The summed E-state index contributed by atoms with van der Waals surface area (Å²) in [6, 6.07) is 7.29. The number of hydrogen-bond donors (Lipinski definition) is 1. The second kappa shape index (κ2) is 8.03. The number of carbonyl (C=O) groups is 1. The molecule has 1 fully saturated rings. The van der Waals surface area contributed by atoms with Gasteiger partial charge in [0, 0.05) is 32.1 Å². The number of carbonyl (C=O) groups excluding carboxylic acids is 1. The smallest absolute Gasteiger partial charge is 0.235 e. The number of hydrogen-bond acceptors (Lipinski definition) is 4. The Morgan fingerprint density at radius 2 is 2.11 bits per heavy atom. The molecular weight excluding hydrogens is 357 g/mol. The van der Waals surface area contributed by atoms with E-state index in [2.05, 4.69) is 30.7 Å². The van der Waals surface area contributed by atoms with E-state index >= 15 is 0 Å². The van der Waals surface area contributed by atoms with Gasteiger partial charge in [0.2, 0.25) is 12.3 Å². The van der Waals surface area contributed by atoms with Gasteiger partial charge >= 0.3 is 0 Å². The van der Waals surface area contributed by atoms with E-state index in [1.54, 1.807) is 12.1 Å². The minimum absolute atomic E-state index is 0.112. The predicted molar refractivity (Wildman–Crippen MR) is 109 cm³/mol. The summed E-state index contributed by atoms with van der Waals surface area (Å²) in [5.41, 5.74) is 8.49. The molecule has 2 aliphatic heterocycles. The Labute approximate surface area is 166 Å². The van der Waals surface area contributed by atoms with Crippen LogP contribution in [0, 0.1) is 17.3 Å². The lowest BCUT2D eigenvalue weighted by Crippen LogP contribution is -2.49. The molecule has 0 aliphatic carbocycles. The van der Waals surface area contributed by atoms with Gasteiger partial charge in [-0.05, 0) is 36.0 Å². The first-order chi connectivity index (χ1) is 13.1. The fourth-order valence-corrected chi connectivity index (χ4v) is 3.84. The third-order valence-corrected chi connectivity index (χ3v) is 5.53. The third-order valence-electron chi connectivity index (χ3n) is 5.53. The molecule has 6 heteroatoms. The monoisotopic (exact) mass is 387 g/mol. The van der Waals surface area contributed by atoms with E-state index in [1.807, 2.05) is 18.2 Å². The van der Waals surface area contributed by atoms with Crippen molar-refractivity contribution < 1.29 is 13.9 Å². The predicted octanol–water partition coefficient (Wildman–Crippen LogP) is 3.54. The van der Waals surface area contributed by atoms with E-state index in [1.165, 1.54) is 6.92 Å². The van der Waals surface area contributed by atoms with Crippen molar-refractivity contribution in [3.63, 3.8) is 0 Å². The van der Waals surface area contributed by atoms with Crippen molar-refractivity contribution in [1.82, 2.24) is 4.90 Å². The fourth-order valence-electron chi connectivity index (χ4n) is 3.84.